The van der Waals surface area contributed by atoms with E-state index in [2.05, 4.69) is 36.1 Å². The molecule has 2 aromatic heterocycles. The molecule has 7 N–H and O–H groups in total. The molecule has 0 spiro atoms. The lowest BCUT2D eigenvalue weighted by atomic mass is 9.91. The maximum Gasteiger partial charge on any atom is 0.335 e. The number of rotatable bonds is 2. The Morgan fingerprint density at radius 1 is 0.967 bits per heavy atom. The summed E-state index contributed by atoms with van der Waals surface area (Å²) < 4.78 is 1.53. The molecule has 0 aliphatic rings. The molecule has 0 fully saturated rings. The fraction of sp³-hybridized carbons (Fsp3) is 0.400. The van der Waals surface area contributed by atoms with Gasteiger partial charge in [-0.1, -0.05) is 52.9 Å². The van der Waals surface area contributed by atoms with Crippen LogP contribution in [0.1, 0.15) is 62.6 Å². The van der Waals surface area contributed by atoms with Crippen LogP contribution < -0.4 is 17.2 Å². The number of hydrogen-bond acceptors (Lipinski definition) is 8. The molecule has 3 rings (SSSR count). The summed E-state index contributed by atoms with van der Waals surface area (Å²) in [5, 5.41) is 22.5. The minimum absolute atomic E-state index is 0.0787. The van der Waals surface area contributed by atoms with E-state index >= 15 is 0 Å². The first kappa shape index (κ1) is 23.1. The molecule has 0 bridgehead atoms. The summed E-state index contributed by atoms with van der Waals surface area (Å²) in [6, 6.07) is 6.31. The van der Waals surface area contributed by atoms with Crippen LogP contribution >= 0.6 is 11.3 Å². The van der Waals surface area contributed by atoms with E-state index in [0.29, 0.717) is 22.3 Å². The van der Waals surface area contributed by atoms with Gasteiger partial charge in [-0.15, -0.1) is 10.2 Å². The van der Waals surface area contributed by atoms with E-state index in [0.717, 1.165) is 10.7 Å². The van der Waals surface area contributed by atoms with Gasteiger partial charge in [-0.2, -0.15) is 5.10 Å². The number of nitrogens with two attached hydrogens (primary N) is 3. The van der Waals surface area contributed by atoms with Crippen LogP contribution in [0.4, 0.5) is 16.6 Å². The first-order valence-electron chi connectivity index (χ1n) is 9.29. The summed E-state index contributed by atoms with van der Waals surface area (Å²) in [7, 11) is 0. The zero-order chi connectivity index (χ0) is 22.9. The van der Waals surface area contributed by atoms with Gasteiger partial charge in [0, 0.05) is 10.8 Å². The lowest BCUT2D eigenvalue weighted by Crippen LogP contribution is -2.14. The predicted molar refractivity (Wildman–Crippen MR) is 121 cm³/mol. The highest BCUT2D eigenvalue weighted by molar-refractivity contribution is 7.15. The maximum atomic E-state index is 10.8. The molecule has 10 heteroatoms. The third-order valence-corrected chi connectivity index (χ3v) is 5.29. The van der Waals surface area contributed by atoms with Crippen LogP contribution in [0.2, 0.25) is 0 Å². The molecule has 2 heterocycles. The highest BCUT2D eigenvalue weighted by atomic mass is 32.1. The van der Waals surface area contributed by atoms with Crippen molar-refractivity contribution in [1.29, 1.82) is 0 Å². The maximum absolute atomic E-state index is 10.8. The largest absolute Gasteiger partial charge is 0.478 e. The van der Waals surface area contributed by atoms with Gasteiger partial charge in [-0.3, -0.25) is 0 Å². The van der Waals surface area contributed by atoms with Gasteiger partial charge in [0.1, 0.15) is 5.01 Å². The third-order valence-electron chi connectivity index (χ3n) is 4.11. The minimum atomic E-state index is -0.972. The standard InChI is InChI=1S/C14H18N4O2.C6H11N3S/c1-14(2,3)11-10(15)12(16)18(17-11)9-6-4-8(5-7-9)13(19)20;1-6(2,3)4-8-9-5(7)10-4/h4-7H,15-16H2,1-3H3,(H,19,20);1-3H3,(H2,7,9). The number of benzene rings is 1. The van der Waals surface area contributed by atoms with Crippen LogP contribution in [-0.4, -0.2) is 31.1 Å². The van der Waals surface area contributed by atoms with Crippen LogP contribution in [-0.2, 0) is 10.8 Å². The predicted octanol–water partition coefficient (Wildman–Crippen LogP) is 3.45. The molecule has 0 atom stereocenters. The molecule has 0 amide bonds. The van der Waals surface area contributed by atoms with Gasteiger partial charge < -0.3 is 22.3 Å². The highest BCUT2D eigenvalue weighted by Gasteiger charge is 2.24. The zero-order valence-corrected chi connectivity index (χ0v) is 18.9. The molecule has 0 aliphatic heterocycles. The second-order valence-electron chi connectivity index (χ2n) is 8.86. The Balaban J connectivity index is 0.000000269. The lowest BCUT2D eigenvalue weighted by molar-refractivity contribution is 0.0697. The van der Waals surface area contributed by atoms with E-state index in [1.165, 1.54) is 28.2 Å². The minimum Gasteiger partial charge on any atom is -0.478 e. The zero-order valence-electron chi connectivity index (χ0n) is 18.1. The Morgan fingerprint density at radius 2 is 1.53 bits per heavy atom. The molecular formula is C20H29N7O2S. The van der Waals surface area contributed by atoms with Gasteiger partial charge in [-0.25, -0.2) is 9.48 Å². The highest BCUT2D eigenvalue weighted by Crippen LogP contribution is 2.32. The number of aromatic nitrogens is 4. The van der Waals surface area contributed by atoms with Crippen LogP contribution in [0.25, 0.3) is 5.69 Å². The summed E-state index contributed by atoms with van der Waals surface area (Å²) in [5.74, 6) is -0.613. The molecular weight excluding hydrogens is 402 g/mol. The topological polar surface area (TPSA) is 159 Å². The molecule has 0 unspecified atom stereocenters. The van der Waals surface area contributed by atoms with Gasteiger partial charge in [0.25, 0.3) is 0 Å². The number of nitrogen functional groups attached to an aromatic ring is 3. The molecule has 0 aliphatic carbocycles. The summed E-state index contributed by atoms with van der Waals surface area (Å²) in [4.78, 5) is 10.8. The number of carbonyl (C=O) groups is 1. The molecule has 0 radical (unpaired) electrons. The fourth-order valence-electron chi connectivity index (χ4n) is 2.48. The molecule has 9 nitrogen and oxygen atoms in total. The van der Waals surface area contributed by atoms with Crippen molar-refractivity contribution in [3.8, 4) is 5.69 Å². The van der Waals surface area contributed by atoms with Gasteiger partial charge >= 0.3 is 5.97 Å². The van der Waals surface area contributed by atoms with E-state index < -0.39 is 5.97 Å². The number of carboxylic acids is 1. The first-order chi connectivity index (χ1) is 13.7. The van der Waals surface area contributed by atoms with Crippen molar-refractivity contribution in [2.75, 3.05) is 17.2 Å². The van der Waals surface area contributed by atoms with Crippen molar-refractivity contribution in [2.24, 2.45) is 0 Å². The van der Waals surface area contributed by atoms with Crippen molar-refractivity contribution in [2.45, 2.75) is 52.4 Å². The molecule has 162 valence electrons. The smallest absolute Gasteiger partial charge is 0.335 e. The number of hydrogen-bond donors (Lipinski definition) is 4. The molecule has 0 saturated heterocycles. The van der Waals surface area contributed by atoms with Crippen LogP contribution in [0.3, 0.4) is 0 Å². The van der Waals surface area contributed by atoms with Gasteiger partial charge in [0.05, 0.1) is 22.6 Å². The van der Waals surface area contributed by atoms with E-state index in [9.17, 15) is 4.79 Å². The summed E-state index contributed by atoms with van der Waals surface area (Å²) in [6.07, 6.45) is 0. The number of carboxylic acid groups (broad SMARTS) is 1. The SMILES string of the molecule is CC(C)(C)c1nn(-c2ccc(C(=O)O)cc2)c(N)c1N.CC(C)(C)c1nnc(N)s1. The Labute approximate surface area is 179 Å². The van der Waals surface area contributed by atoms with Gasteiger partial charge in [0.2, 0.25) is 5.13 Å². The van der Waals surface area contributed by atoms with Gasteiger partial charge in [-0.05, 0) is 24.3 Å². The van der Waals surface area contributed by atoms with Crippen LogP contribution in [0, 0.1) is 0 Å². The average Bonchev–Trinajstić information content (AvgIpc) is 3.20. The van der Waals surface area contributed by atoms with Crippen molar-refractivity contribution < 1.29 is 9.90 Å². The Morgan fingerprint density at radius 3 is 1.87 bits per heavy atom. The van der Waals surface area contributed by atoms with E-state index in [1.54, 1.807) is 12.1 Å². The average molecular weight is 432 g/mol. The van der Waals surface area contributed by atoms with Crippen molar-refractivity contribution in [3.05, 3.63) is 40.5 Å². The van der Waals surface area contributed by atoms with Gasteiger partial charge in [0.15, 0.2) is 5.82 Å². The summed E-state index contributed by atoms with van der Waals surface area (Å²) in [6.45, 7) is 12.3. The van der Waals surface area contributed by atoms with Crippen LogP contribution in [0.5, 0.6) is 0 Å². The second-order valence-corrected chi connectivity index (χ2v) is 9.87. The first-order valence-corrected chi connectivity index (χ1v) is 10.1. The van der Waals surface area contributed by atoms with E-state index in [-0.39, 0.29) is 16.4 Å². The Kier molecular flexibility index (Phi) is 6.41. The van der Waals surface area contributed by atoms with E-state index in [4.69, 9.17) is 22.3 Å². The Bertz CT molecular complexity index is 1030. The second kappa shape index (κ2) is 8.31. The molecule has 30 heavy (non-hydrogen) atoms. The van der Waals surface area contributed by atoms with Crippen molar-refractivity contribution >= 4 is 33.9 Å². The van der Waals surface area contributed by atoms with Crippen LogP contribution in [0.15, 0.2) is 24.3 Å². The monoisotopic (exact) mass is 431 g/mol. The van der Waals surface area contributed by atoms with Crippen molar-refractivity contribution in [3.63, 3.8) is 0 Å². The summed E-state index contributed by atoms with van der Waals surface area (Å²) in [5.41, 5.74) is 19.3. The fourth-order valence-corrected chi connectivity index (χ4v) is 3.14. The lowest BCUT2D eigenvalue weighted by Gasteiger charge is -2.15. The Hall–Kier alpha value is -3.14. The normalized spacial score (nSPS) is 11.7. The molecule has 0 saturated carbocycles. The number of anilines is 3. The quantitative estimate of drug-likeness (QED) is 0.480. The third kappa shape index (κ3) is 5.26. The van der Waals surface area contributed by atoms with E-state index in [1.807, 2.05) is 20.8 Å². The number of nitrogens with zero attached hydrogens (tertiary/aromatic N) is 4. The number of aromatic carboxylic acids is 1. The summed E-state index contributed by atoms with van der Waals surface area (Å²) >= 11 is 1.45. The molecule has 1 aromatic carbocycles. The molecule has 3 aromatic rings. The van der Waals surface area contributed by atoms with Crippen molar-refractivity contribution in [1.82, 2.24) is 20.0 Å².